The van der Waals surface area contributed by atoms with Gasteiger partial charge in [-0.15, -0.1) is 5.10 Å². The highest BCUT2D eigenvalue weighted by Gasteiger charge is 2.35. The van der Waals surface area contributed by atoms with E-state index in [1.807, 2.05) is 12.1 Å². The summed E-state index contributed by atoms with van der Waals surface area (Å²) in [4.78, 5) is 14.4. The third kappa shape index (κ3) is 4.45. The number of anilines is 1. The van der Waals surface area contributed by atoms with E-state index in [0.29, 0.717) is 18.0 Å². The Kier molecular flexibility index (Phi) is 6.26. The summed E-state index contributed by atoms with van der Waals surface area (Å²) in [6, 6.07) is 7.65. The Balaban J connectivity index is 1.46. The number of hydrogen-bond donors (Lipinski definition) is 1. The van der Waals surface area contributed by atoms with Gasteiger partial charge in [-0.3, -0.25) is 10.1 Å². The summed E-state index contributed by atoms with van der Waals surface area (Å²) < 4.78 is 2.12. The molecule has 1 N–H and O–H groups in total. The van der Waals surface area contributed by atoms with Gasteiger partial charge in [-0.05, 0) is 41.3 Å². The summed E-state index contributed by atoms with van der Waals surface area (Å²) in [6.07, 6.45) is 5.95. The van der Waals surface area contributed by atoms with Crippen LogP contribution in [0, 0.1) is 16.0 Å². The SMILES string of the molecule is CC(C)C[C@H](c1nnnn1C1CCCC1)[NH+]1CCN(c2ccc([N+](=O)[O-])cc2)CC1. The number of nitrogens with zero attached hydrogens (tertiary/aromatic N) is 6. The van der Waals surface area contributed by atoms with Gasteiger partial charge in [0.05, 0.1) is 37.1 Å². The third-order valence-electron chi connectivity index (χ3n) is 6.53. The molecular formula is C21H32N7O2+. The van der Waals surface area contributed by atoms with Crippen LogP contribution in [-0.2, 0) is 0 Å². The molecule has 0 amide bonds. The molecule has 2 aliphatic rings. The van der Waals surface area contributed by atoms with Crippen molar-refractivity contribution >= 4 is 11.4 Å². The molecule has 1 aromatic heterocycles. The zero-order valence-electron chi connectivity index (χ0n) is 17.9. The summed E-state index contributed by atoms with van der Waals surface area (Å²) in [5, 5.41) is 23.8. The number of hydrogen-bond acceptors (Lipinski definition) is 6. The first kappa shape index (κ1) is 20.7. The average molecular weight is 415 g/mol. The highest BCUT2D eigenvalue weighted by molar-refractivity contribution is 5.51. The van der Waals surface area contributed by atoms with Crippen LogP contribution in [0.4, 0.5) is 11.4 Å². The highest BCUT2D eigenvalue weighted by Crippen LogP contribution is 2.31. The molecule has 0 unspecified atom stereocenters. The number of rotatable bonds is 7. The zero-order valence-corrected chi connectivity index (χ0v) is 17.9. The number of quaternary nitrogens is 1. The second-order valence-electron chi connectivity index (χ2n) is 9.02. The lowest BCUT2D eigenvalue weighted by Gasteiger charge is -2.37. The summed E-state index contributed by atoms with van der Waals surface area (Å²) >= 11 is 0. The number of aromatic nitrogens is 4. The Morgan fingerprint density at radius 2 is 1.83 bits per heavy atom. The number of nitro groups is 1. The van der Waals surface area contributed by atoms with Gasteiger partial charge in [0.15, 0.2) is 0 Å². The predicted octanol–water partition coefficient (Wildman–Crippen LogP) is 2.19. The Bertz CT molecular complexity index is 837. The summed E-state index contributed by atoms with van der Waals surface area (Å²) in [7, 11) is 0. The molecule has 1 atom stereocenters. The fraction of sp³-hybridized carbons (Fsp3) is 0.667. The molecule has 2 fully saturated rings. The lowest BCUT2D eigenvalue weighted by molar-refractivity contribution is -0.934. The fourth-order valence-electron chi connectivity index (χ4n) is 4.95. The van der Waals surface area contributed by atoms with Crippen LogP contribution in [0.2, 0.25) is 0 Å². The third-order valence-corrected chi connectivity index (χ3v) is 6.53. The molecule has 1 aliphatic carbocycles. The summed E-state index contributed by atoms with van der Waals surface area (Å²) in [5.41, 5.74) is 1.19. The molecular weight excluding hydrogens is 382 g/mol. The van der Waals surface area contributed by atoms with Crippen molar-refractivity contribution in [1.82, 2.24) is 20.2 Å². The lowest BCUT2D eigenvalue weighted by atomic mass is 10.0. The van der Waals surface area contributed by atoms with Crippen molar-refractivity contribution in [3.05, 3.63) is 40.2 Å². The van der Waals surface area contributed by atoms with Gasteiger partial charge < -0.3 is 9.80 Å². The van der Waals surface area contributed by atoms with E-state index in [2.05, 4.69) is 39.0 Å². The highest BCUT2D eigenvalue weighted by atomic mass is 16.6. The average Bonchev–Trinajstić information content (AvgIpc) is 3.44. The van der Waals surface area contributed by atoms with Gasteiger partial charge in [0.25, 0.3) is 5.69 Å². The van der Waals surface area contributed by atoms with Crippen molar-refractivity contribution < 1.29 is 9.82 Å². The Labute approximate surface area is 177 Å². The molecule has 2 heterocycles. The van der Waals surface area contributed by atoms with Crippen molar-refractivity contribution in [2.45, 2.75) is 58.0 Å². The van der Waals surface area contributed by atoms with Gasteiger partial charge in [0.1, 0.15) is 6.04 Å². The first-order chi connectivity index (χ1) is 14.5. The van der Waals surface area contributed by atoms with Crippen molar-refractivity contribution in [2.75, 3.05) is 31.1 Å². The number of tetrazole rings is 1. The molecule has 0 spiro atoms. The van der Waals surface area contributed by atoms with E-state index >= 15 is 0 Å². The molecule has 9 heteroatoms. The molecule has 0 radical (unpaired) electrons. The number of piperazine rings is 1. The lowest BCUT2D eigenvalue weighted by Crippen LogP contribution is -3.15. The van der Waals surface area contributed by atoms with Gasteiger partial charge in [-0.1, -0.05) is 26.7 Å². The van der Waals surface area contributed by atoms with Gasteiger partial charge in [-0.2, -0.15) is 0 Å². The first-order valence-corrected chi connectivity index (χ1v) is 11.1. The Morgan fingerprint density at radius 3 is 2.43 bits per heavy atom. The monoisotopic (exact) mass is 414 g/mol. The molecule has 2 aromatic rings. The summed E-state index contributed by atoms with van der Waals surface area (Å²) in [6.45, 7) is 8.39. The van der Waals surface area contributed by atoms with Gasteiger partial charge in [0, 0.05) is 24.2 Å². The van der Waals surface area contributed by atoms with Crippen LogP contribution in [0.15, 0.2) is 24.3 Å². The summed E-state index contributed by atoms with van der Waals surface area (Å²) in [5.74, 6) is 1.62. The van der Waals surface area contributed by atoms with Crippen LogP contribution < -0.4 is 9.80 Å². The Hall–Kier alpha value is -2.55. The molecule has 1 aromatic carbocycles. The maximum atomic E-state index is 10.9. The molecule has 1 aliphatic heterocycles. The molecule has 1 saturated heterocycles. The van der Waals surface area contributed by atoms with Gasteiger partial charge in [0.2, 0.25) is 5.82 Å². The van der Waals surface area contributed by atoms with E-state index < -0.39 is 0 Å². The predicted molar refractivity (Wildman–Crippen MR) is 114 cm³/mol. The van der Waals surface area contributed by atoms with Crippen molar-refractivity contribution in [3.8, 4) is 0 Å². The molecule has 162 valence electrons. The second-order valence-corrected chi connectivity index (χ2v) is 9.02. The Morgan fingerprint density at radius 1 is 1.17 bits per heavy atom. The van der Waals surface area contributed by atoms with E-state index in [-0.39, 0.29) is 10.6 Å². The molecule has 4 rings (SSSR count). The van der Waals surface area contributed by atoms with E-state index in [4.69, 9.17) is 0 Å². The number of nitrogens with one attached hydrogen (secondary N) is 1. The topological polar surface area (TPSA) is 94.4 Å². The smallest absolute Gasteiger partial charge is 0.269 e. The van der Waals surface area contributed by atoms with E-state index in [9.17, 15) is 10.1 Å². The first-order valence-electron chi connectivity index (χ1n) is 11.1. The second kappa shape index (κ2) is 9.07. The molecule has 0 bridgehead atoms. The van der Waals surface area contributed by atoms with Gasteiger partial charge >= 0.3 is 0 Å². The standard InChI is InChI=1S/C21H31N7O2/c1-16(2)15-20(21-22-23-24-27(21)18-5-3-4-6-18)26-13-11-25(12-14-26)17-7-9-19(10-8-17)28(29)30/h7-10,16,18,20H,3-6,11-15H2,1-2H3/p+1/t20-/m1/s1. The quantitative estimate of drug-likeness (QED) is 0.551. The van der Waals surface area contributed by atoms with Crippen LogP contribution in [-0.4, -0.2) is 51.3 Å². The number of non-ortho nitro benzene ring substituents is 1. The van der Waals surface area contributed by atoms with Crippen molar-refractivity contribution in [3.63, 3.8) is 0 Å². The van der Waals surface area contributed by atoms with Crippen LogP contribution in [0.3, 0.4) is 0 Å². The van der Waals surface area contributed by atoms with E-state index in [1.165, 1.54) is 30.6 Å². The maximum absolute atomic E-state index is 10.9. The van der Waals surface area contributed by atoms with Crippen LogP contribution in [0.1, 0.15) is 63.9 Å². The van der Waals surface area contributed by atoms with E-state index in [1.54, 1.807) is 12.1 Å². The fourth-order valence-corrected chi connectivity index (χ4v) is 4.95. The van der Waals surface area contributed by atoms with Crippen molar-refractivity contribution in [1.29, 1.82) is 0 Å². The zero-order chi connectivity index (χ0) is 21.1. The van der Waals surface area contributed by atoms with E-state index in [0.717, 1.165) is 44.1 Å². The largest absolute Gasteiger partial charge is 0.360 e. The minimum atomic E-state index is -0.350. The molecule has 30 heavy (non-hydrogen) atoms. The number of benzene rings is 1. The van der Waals surface area contributed by atoms with Crippen LogP contribution in [0.5, 0.6) is 0 Å². The maximum Gasteiger partial charge on any atom is 0.269 e. The minimum absolute atomic E-state index is 0.138. The van der Waals surface area contributed by atoms with Gasteiger partial charge in [-0.25, -0.2) is 4.68 Å². The molecule has 9 nitrogen and oxygen atoms in total. The minimum Gasteiger partial charge on any atom is -0.360 e. The van der Waals surface area contributed by atoms with Crippen molar-refractivity contribution in [2.24, 2.45) is 5.92 Å². The van der Waals surface area contributed by atoms with Crippen LogP contribution in [0.25, 0.3) is 0 Å². The van der Waals surface area contributed by atoms with Crippen LogP contribution >= 0.6 is 0 Å². The normalized spacial score (nSPS) is 19.5. The molecule has 1 saturated carbocycles. The number of nitro benzene ring substituents is 1.